The zero-order valence-electron chi connectivity index (χ0n) is 48.7. The van der Waals surface area contributed by atoms with Crippen LogP contribution >= 0.6 is 0 Å². The minimum atomic E-state index is -0.864. The summed E-state index contributed by atoms with van der Waals surface area (Å²) in [4.78, 5) is 1.70. The summed E-state index contributed by atoms with van der Waals surface area (Å²) in [6.45, 7) is 0. The van der Waals surface area contributed by atoms with Crippen molar-refractivity contribution in [3.05, 3.63) is 283 Å². The maximum Gasteiger partial charge on any atom is 0.143 e. The fraction of sp³-hybridized carbons (Fsp3) is 0.0154. The van der Waals surface area contributed by atoms with Crippen LogP contribution in [0.5, 0.6) is 0 Å². The van der Waals surface area contributed by atoms with Gasteiger partial charge < -0.3 is 9.32 Å². The molecule has 1 heterocycles. The predicted octanol–water partition coefficient (Wildman–Crippen LogP) is 17.6. The van der Waals surface area contributed by atoms with Crippen molar-refractivity contribution in [2.24, 2.45) is 0 Å². The summed E-state index contributed by atoms with van der Waals surface area (Å²) in [6.07, 6.45) is 0. The van der Waals surface area contributed by atoms with E-state index in [1.807, 2.05) is 127 Å². The van der Waals surface area contributed by atoms with Gasteiger partial charge in [-0.3, -0.25) is 0 Å². The molecule has 1 aliphatic carbocycles. The minimum absolute atomic E-state index is 0.161. The first-order valence-electron chi connectivity index (χ1n) is 28.5. The van der Waals surface area contributed by atoms with Gasteiger partial charge >= 0.3 is 0 Å². The Balaban J connectivity index is 1.07. The van der Waals surface area contributed by atoms with Gasteiger partial charge in [0.25, 0.3) is 0 Å². The highest BCUT2D eigenvalue weighted by molar-refractivity contribution is 6.19. The van der Waals surface area contributed by atoms with Crippen LogP contribution in [0.25, 0.3) is 77.2 Å². The minimum Gasteiger partial charge on any atom is -0.455 e. The summed E-state index contributed by atoms with van der Waals surface area (Å²) in [7, 11) is 0. The van der Waals surface area contributed by atoms with Gasteiger partial charge in [-0.25, -0.2) is 0 Å². The van der Waals surface area contributed by atoms with Gasteiger partial charge in [-0.2, -0.15) is 0 Å². The topological polar surface area (TPSA) is 16.4 Å². The second kappa shape index (κ2) is 15.8. The van der Waals surface area contributed by atoms with Crippen LogP contribution in [0.15, 0.2) is 265 Å². The molecule has 1 aromatic heterocycles. The number of furan rings is 1. The first kappa shape index (κ1) is 27.6. The number of rotatable bonds is 8. The number of benzene rings is 11. The van der Waals surface area contributed by atoms with E-state index < -0.39 is 106 Å². The summed E-state index contributed by atoms with van der Waals surface area (Å²) in [5.74, 6) is 0. The lowest BCUT2D eigenvalue weighted by atomic mass is 9.67. The molecule has 2 nitrogen and oxygen atoms in total. The van der Waals surface area contributed by atoms with Gasteiger partial charge in [0.2, 0.25) is 0 Å². The van der Waals surface area contributed by atoms with Crippen LogP contribution in [0.2, 0.25) is 0 Å². The summed E-state index contributed by atoms with van der Waals surface area (Å²) in [6, 6.07) is 51.3. The highest BCUT2D eigenvalue weighted by Crippen LogP contribution is 2.57. The quantitative estimate of drug-likeness (QED) is 0.151. The van der Waals surface area contributed by atoms with Crippen molar-refractivity contribution in [2.45, 2.75) is 5.41 Å². The third kappa shape index (κ3) is 6.26. The number of hydrogen-bond donors (Lipinski definition) is 0. The fourth-order valence-corrected chi connectivity index (χ4v) is 10.1. The van der Waals surface area contributed by atoms with E-state index in [4.69, 9.17) is 14.0 Å². The standard InChI is InChI=1S/C65H43NO/c1-4-16-44(17-5-1)45-30-32-46(33-31-45)47-34-37-52(38-35-47)66(53-24-14-19-49(42-53)55-27-15-29-62-63(55)59-40-36-48-18-10-11-25-56(48)64(59)67-62)54-39-41-58-57-26-12-13-28-60(57)65(61(58)43-54,50-20-6-2-7-21-50)51-22-8-3-9-23-51/h1-43H/i1D,4D,5D,16D,17D,30D,31D,32D,33D,34D,35D,37D,38D. The Labute approximate surface area is 408 Å². The Bertz CT molecular complexity index is 4470. The highest BCUT2D eigenvalue weighted by Gasteiger charge is 2.46. The fourth-order valence-electron chi connectivity index (χ4n) is 10.1. The van der Waals surface area contributed by atoms with E-state index >= 15 is 0 Å². The largest absolute Gasteiger partial charge is 0.455 e. The van der Waals surface area contributed by atoms with E-state index in [0.29, 0.717) is 17.0 Å². The molecule has 314 valence electrons. The highest BCUT2D eigenvalue weighted by atomic mass is 16.3. The molecule has 0 aliphatic heterocycles. The predicted molar refractivity (Wildman–Crippen MR) is 280 cm³/mol. The van der Waals surface area contributed by atoms with Gasteiger partial charge in [0.1, 0.15) is 11.2 Å². The van der Waals surface area contributed by atoms with Crippen molar-refractivity contribution in [3.63, 3.8) is 0 Å². The van der Waals surface area contributed by atoms with Gasteiger partial charge in [0.15, 0.2) is 0 Å². The normalized spacial score (nSPS) is 15.3. The maximum atomic E-state index is 10.00. The average Bonchev–Trinajstić information content (AvgIpc) is 4.23. The summed E-state index contributed by atoms with van der Waals surface area (Å²) in [5.41, 5.74) is 6.76. The Morgan fingerprint density at radius 1 is 0.373 bits per heavy atom. The molecule has 13 rings (SSSR count). The summed E-state index contributed by atoms with van der Waals surface area (Å²) >= 11 is 0. The second-order valence-corrected chi connectivity index (χ2v) is 16.6. The van der Waals surface area contributed by atoms with Crippen LogP contribution < -0.4 is 4.90 Å². The lowest BCUT2D eigenvalue weighted by Crippen LogP contribution is -2.28. The molecule has 0 atom stereocenters. The molecule has 0 unspecified atom stereocenters. The maximum absolute atomic E-state index is 10.00. The number of hydrogen-bond acceptors (Lipinski definition) is 2. The van der Waals surface area contributed by atoms with Crippen molar-refractivity contribution < 1.29 is 22.2 Å². The number of nitrogens with zero attached hydrogens (tertiary/aromatic N) is 1. The van der Waals surface area contributed by atoms with E-state index in [0.717, 1.165) is 71.6 Å². The Kier molecular flexibility index (Phi) is 6.49. The van der Waals surface area contributed by atoms with Gasteiger partial charge in [0, 0.05) is 33.2 Å². The third-order valence-corrected chi connectivity index (χ3v) is 13.0. The Morgan fingerprint density at radius 3 is 1.72 bits per heavy atom. The van der Waals surface area contributed by atoms with Crippen LogP contribution in [0.1, 0.15) is 40.1 Å². The zero-order valence-corrected chi connectivity index (χ0v) is 35.7. The SMILES string of the molecule is [2H]c1c([2H])c([2H])c(-c2c([2H])c([2H])c(-c3c([2H])c([2H])c(N(c4cccc(-c5cccc6oc7c8ccccc8ccc7c56)c4)c4ccc5c(c4)C(c4ccccc4)(c4ccccc4)c4ccccc4-5)c([2H])c3[2H])c([2H])c2[2H])c([2H])c1[2H]. The molecule has 67 heavy (non-hydrogen) atoms. The number of fused-ring (bicyclic) bond motifs is 8. The van der Waals surface area contributed by atoms with Crippen molar-refractivity contribution in [3.8, 4) is 44.5 Å². The van der Waals surface area contributed by atoms with Crippen molar-refractivity contribution >= 4 is 49.8 Å². The Morgan fingerprint density at radius 2 is 0.970 bits per heavy atom. The van der Waals surface area contributed by atoms with Crippen LogP contribution in [-0.4, -0.2) is 0 Å². The Hall–Kier alpha value is -8.72. The van der Waals surface area contributed by atoms with Gasteiger partial charge in [-0.1, -0.05) is 212 Å². The number of anilines is 3. The van der Waals surface area contributed by atoms with E-state index in [9.17, 15) is 8.22 Å². The summed E-state index contributed by atoms with van der Waals surface area (Å²) in [5, 5.41) is 3.80. The van der Waals surface area contributed by atoms with E-state index in [2.05, 4.69) is 54.6 Å². The van der Waals surface area contributed by atoms with Crippen LogP contribution in [0, 0.1) is 0 Å². The van der Waals surface area contributed by atoms with Gasteiger partial charge in [-0.15, -0.1) is 0 Å². The van der Waals surface area contributed by atoms with Gasteiger partial charge in [-0.05, 0) is 121 Å². The van der Waals surface area contributed by atoms with Crippen molar-refractivity contribution in [2.75, 3.05) is 4.90 Å². The van der Waals surface area contributed by atoms with Crippen LogP contribution in [0.3, 0.4) is 0 Å². The molecule has 12 aromatic rings. The summed E-state index contributed by atoms with van der Waals surface area (Å²) < 4.78 is 125. The molecule has 0 amide bonds. The molecule has 0 radical (unpaired) electrons. The van der Waals surface area contributed by atoms with E-state index in [1.165, 1.54) is 0 Å². The smallest absolute Gasteiger partial charge is 0.143 e. The monoisotopic (exact) mass is 866 g/mol. The van der Waals surface area contributed by atoms with Crippen LogP contribution in [-0.2, 0) is 5.41 Å². The van der Waals surface area contributed by atoms with E-state index in [-0.39, 0.29) is 5.69 Å². The molecule has 11 aromatic carbocycles. The lowest BCUT2D eigenvalue weighted by molar-refractivity contribution is 0.673. The molecule has 0 spiro atoms. The van der Waals surface area contributed by atoms with E-state index in [1.54, 1.807) is 4.90 Å². The molecule has 2 heteroatoms. The van der Waals surface area contributed by atoms with Crippen molar-refractivity contribution in [1.82, 2.24) is 0 Å². The molecule has 0 fully saturated rings. The zero-order chi connectivity index (χ0) is 55.6. The first-order valence-corrected chi connectivity index (χ1v) is 22.0. The molecular weight excluding hydrogens is 811 g/mol. The molecular formula is C65H43NO. The molecule has 0 saturated carbocycles. The third-order valence-electron chi connectivity index (χ3n) is 13.0. The van der Waals surface area contributed by atoms with Crippen molar-refractivity contribution in [1.29, 1.82) is 0 Å². The molecule has 0 N–H and O–H groups in total. The second-order valence-electron chi connectivity index (χ2n) is 16.6. The average molecular weight is 867 g/mol. The molecule has 0 saturated heterocycles. The lowest BCUT2D eigenvalue weighted by Gasteiger charge is -2.35. The van der Waals surface area contributed by atoms with Gasteiger partial charge in [0.05, 0.1) is 23.2 Å². The first-order chi connectivity index (χ1) is 38.6. The molecule has 1 aliphatic rings. The van der Waals surface area contributed by atoms with Crippen LogP contribution in [0.4, 0.5) is 17.1 Å². The molecule has 0 bridgehead atoms.